The third kappa shape index (κ3) is 3.36. The number of aromatic amines is 1. The lowest BCUT2D eigenvalue weighted by molar-refractivity contribution is -0.128. The normalized spacial score (nSPS) is 18.5. The first-order chi connectivity index (χ1) is 10.7. The molecular formula is C17H21N3O2. The molecule has 116 valence electrons. The van der Waals surface area contributed by atoms with Gasteiger partial charge in [0.2, 0.25) is 5.91 Å². The first-order valence-corrected chi connectivity index (χ1v) is 7.72. The molecule has 1 aliphatic rings. The zero-order valence-electron chi connectivity index (χ0n) is 12.7. The largest absolute Gasteiger partial charge is 0.362 e. The second-order valence-corrected chi connectivity index (χ2v) is 5.70. The van der Waals surface area contributed by atoms with Crippen molar-refractivity contribution in [2.24, 2.45) is 0 Å². The summed E-state index contributed by atoms with van der Waals surface area (Å²) < 4.78 is 5.78. The van der Waals surface area contributed by atoms with Gasteiger partial charge in [-0.15, -0.1) is 0 Å². The molecule has 2 atom stereocenters. The van der Waals surface area contributed by atoms with Crippen molar-refractivity contribution < 1.29 is 9.53 Å². The van der Waals surface area contributed by atoms with Crippen LogP contribution >= 0.6 is 0 Å². The average Bonchev–Trinajstić information content (AvgIpc) is 3.03. The summed E-state index contributed by atoms with van der Waals surface area (Å²) in [6, 6.07) is 9.89. The molecule has 0 fully saturated rings. The van der Waals surface area contributed by atoms with Crippen molar-refractivity contribution in [1.29, 1.82) is 0 Å². The van der Waals surface area contributed by atoms with Crippen LogP contribution in [0.1, 0.15) is 48.7 Å². The number of nitrogens with one attached hydrogen (secondary N) is 2. The van der Waals surface area contributed by atoms with Gasteiger partial charge in [0.05, 0.1) is 24.0 Å². The van der Waals surface area contributed by atoms with Crippen molar-refractivity contribution in [2.75, 3.05) is 6.61 Å². The SMILES string of the molecule is C[C@@H](NC(=O)CO[C@@H]1CCCc2cn[nH]c21)c1ccccc1. The van der Waals surface area contributed by atoms with Crippen molar-refractivity contribution in [3.05, 3.63) is 53.3 Å². The van der Waals surface area contributed by atoms with Crippen molar-refractivity contribution >= 4 is 5.91 Å². The lowest BCUT2D eigenvalue weighted by Gasteiger charge is -2.22. The van der Waals surface area contributed by atoms with Crippen molar-refractivity contribution in [3.63, 3.8) is 0 Å². The quantitative estimate of drug-likeness (QED) is 0.892. The van der Waals surface area contributed by atoms with Crippen LogP contribution in [0.25, 0.3) is 0 Å². The van der Waals surface area contributed by atoms with Gasteiger partial charge in [-0.3, -0.25) is 9.89 Å². The minimum atomic E-state index is -0.0945. The number of ether oxygens (including phenoxy) is 1. The van der Waals surface area contributed by atoms with Crippen molar-refractivity contribution in [3.8, 4) is 0 Å². The van der Waals surface area contributed by atoms with Gasteiger partial charge in [0.25, 0.3) is 0 Å². The Balaban J connectivity index is 1.51. The molecule has 0 aliphatic heterocycles. The van der Waals surface area contributed by atoms with E-state index in [1.54, 1.807) is 0 Å². The van der Waals surface area contributed by atoms with Crippen LogP contribution in [0.5, 0.6) is 0 Å². The summed E-state index contributed by atoms with van der Waals surface area (Å²) in [6.07, 6.45) is 4.82. The monoisotopic (exact) mass is 299 g/mol. The molecule has 0 spiro atoms. The number of aryl methyl sites for hydroxylation is 1. The Hall–Kier alpha value is -2.14. The van der Waals surface area contributed by atoms with E-state index < -0.39 is 0 Å². The number of hydrogen-bond acceptors (Lipinski definition) is 3. The number of rotatable bonds is 5. The Morgan fingerprint density at radius 2 is 2.27 bits per heavy atom. The van der Waals surface area contributed by atoms with Gasteiger partial charge in [0.15, 0.2) is 0 Å². The fraction of sp³-hybridized carbons (Fsp3) is 0.412. The van der Waals surface area contributed by atoms with E-state index in [0.29, 0.717) is 0 Å². The average molecular weight is 299 g/mol. The third-order valence-corrected chi connectivity index (χ3v) is 4.08. The van der Waals surface area contributed by atoms with Gasteiger partial charge in [-0.1, -0.05) is 30.3 Å². The molecule has 1 aromatic carbocycles. The molecule has 0 bridgehead atoms. The Bertz CT molecular complexity index is 624. The van der Waals surface area contributed by atoms with Gasteiger partial charge in [-0.25, -0.2) is 0 Å². The van der Waals surface area contributed by atoms with E-state index in [9.17, 15) is 4.79 Å². The Kier molecular flexibility index (Phi) is 4.53. The van der Waals surface area contributed by atoms with Crippen molar-refractivity contribution in [1.82, 2.24) is 15.5 Å². The van der Waals surface area contributed by atoms with Crippen LogP contribution in [-0.4, -0.2) is 22.7 Å². The molecule has 3 rings (SSSR count). The maximum Gasteiger partial charge on any atom is 0.246 e. The van der Waals surface area contributed by atoms with Crippen LogP contribution in [0, 0.1) is 0 Å². The second kappa shape index (κ2) is 6.75. The first kappa shape index (κ1) is 14.8. The molecule has 0 saturated heterocycles. The number of carbonyl (C=O) groups is 1. The van der Waals surface area contributed by atoms with Gasteiger partial charge in [-0.05, 0) is 37.3 Å². The van der Waals surface area contributed by atoms with E-state index in [1.165, 1.54) is 5.56 Å². The summed E-state index contributed by atoms with van der Waals surface area (Å²) in [5.41, 5.74) is 3.31. The number of benzene rings is 1. The summed E-state index contributed by atoms with van der Waals surface area (Å²) >= 11 is 0. The second-order valence-electron chi connectivity index (χ2n) is 5.70. The highest BCUT2D eigenvalue weighted by molar-refractivity contribution is 5.77. The number of amides is 1. The van der Waals surface area contributed by atoms with E-state index in [1.807, 2.05) is 43.5 Å². The highest BCUT2D eigenvalue weighted by Crippen LogP contribution is 2.30. The summed E-state index contributed by atoms with van der Waals surface area (Å²) in [5, 5.41) is 10.0. The number of fused-ring (bicyclic) bond motifs is 1. The highest BCUT2D eigenvalue weighted by Gasteiger charge is 2.23. The molecule has 1 heterocycles. The molecule has 2 aromatic rings. The minimum Gasteiger partial charge on any atom is -0.362 e. The van der Waals surface area contributed by atoms with Gasteiger partial charge in [-0.2, -0.15) is 5.10 Å². The molecule has 0 unspecified atom stereocenters. The van der Waals surface area contributed by atoms with Crippen LogP contribution in [0.15, 0.2) is 36.5 Å². The molecule has 5 nitrogen and oxygen atoms in total. The lowest BCUT2D eigenvalue weighted by Crippen LogP contribution is -2.31. The maximum absolute atomic E-state index is 12.1. The van der Waals surface area contributed by atoms with Crippen LogP contribution in [0.3, 0.4) is 0 Å². The van der Waals surface area contributed by atoms with Crippen LogP contribution in [0.4, 0.5) is 0 Å². The molecule has 1 aromatic heterocycles. The number of nitrogens with zero attached hydrogens (tertiary/aromatic N) is 1. The summed E-state index contributed by atoms with van der Waals surface area (Å²) in [6.45, 7) is 2.04. The maximum atomic E-state index is 12.1. The smallest absolute Gasteiger partial charge is 0.246 e. The lowest BCUT2D eigenvalue weighted by atomic mass is 9.96. The van der Waals surface area contributed by atoms with Crippen LogP contribution < -0.4 is 5.32 Å². The van der Waals surface area contributed by atoms with E-state index in [2.05, 4.69) is 15.5 Å². The summed E-state index contributed by atoms with van der Waals surface area (Å²) in [4.78, 5) is 12.1. The van der Waals surface area contributed by atoms with E-state index in [0.717, 1.165) is 30.5 Å². The number of aromatic nitrogens is 2. The molecule has 0 saturated carbocycles. The predicted molar refractivity (Wildman–Crippen MR) is 83.2 cm³/mol. The number of H-pyrrole nitrogens is 1. The summed E-state index contributed by atoms with van der Waals surface area (Å²) in [5.74, 6) is -0.0945. The molecule has 1 amide bonds. The summed E-state index contributed by atoms with van der Waals surface area (Å²) in [7, 11) is 0. The zero-order chi connectivity index (χ0) is 15.4. The number of hydrogen-bond donors (Lipinski definition) is 2. The fourth-order valence-corrected chi connectivity index (χ4v) is 2.87. The standard InChI is InChI=1S/C17H21N3O2/c1-12(13-6-3-2-4-7-13)19-16(21)11-22-15-9-5-8-14-10-18-20-17(14)15/h2-4,6-7,10,12,15H,5,8-9,11H2,1H3,(H,18,20)(H,19,21)/t12-,15-/m1/s1. The Morgan fingerprint density at radius 3 is 3.09 bits per heavy atom. The van der Waals surface area contributed by atoms with Crippen LogP contribution in [-0.2, 0) is 16.0 Å². The molecule has 22 heavy (non-hydrogen) atoms. The van der Waals surface area contributed by atoms with Gasteiger partial charge >= 0.3 is 0 Å². The molecule has 0 radical (unpaired) electrons. The van der Waals surface area contributed by atoms with E-state index in [4.69, 9.17) is 4.74 Å². The molecule has 2 N–H and O–H groups in total. The first-order valence-electron chi connectivity index (χ1n) is 7.72. The third-order valence-electron chi connectivity index (χ3n) is 4.08. The molecule has 1 aliphatic carbocycles. The highest BCUT2D eigenvalue weighted by atomic mass is 16.5. The molecular weight excluding hydrogens is 278 g/mol. The van der Waals surface area contributed by atoms with E-state index in [-0.39, 0.29) is 24.7 Å². The zero-order valence-corrected chi connectivity index (χ0v) is 12.7. The van der Waals surface area contributed by atoms with E-state index >= 15 is 0 Å². The van der Waals surface area contributed by atoms with Gasteiger partial charge in [0.1, 0.15) is 6.61 Å². The Labute approximate surface area is 130 Å². The minimum absolute atomic E-state index is 0.0219. The predicted octanol–water partition coefficient (Wildman–Crippen LogP) is 2.68. The Morgan fingerprint density at radius 1 is 1.45 bits per heavy atom. The van der Waals surface area contributed by atoms with Crippen LogP contribution in [0.2, 0.25) is 0 Å². The van der Waals surface area contributed by atoms with Gasteiger partial charge in [0, 0.05) is 0 Å². The van der Waals surface area contributed by atoms with Gasteiger partial charge < -0.3 is 10.1 Å². The molecule has 5 heteroatoms. The topological polar surface area (TPSA) is 67.0 Å². The van der Waals surface area contributed by atoms with Crippen molar-refractivity contribution in [2.45, 2.75) is 38.3 Å². The fourth-order valence-electron chi connectivity index (χ4n) is 2.87. The number of carbonyl (C=O) groups excluding carboxylic acids is 1.